The number of pyridine rings is 1. The standard InChI is InChI=1S/C23H20ClN3O3/c1-12-6-14(8-16(7-12)30-15-5-4-13(2)19(24)9-15)18-11-27(3)23(29)21-17(18)10-20(26-21)22(25)28/h4-11,26H,1-3H3,(H2,25,28). The second-order valence-corrected chi connectivity index (χ2v) is 7.75. The normalized spacial score (nSPS) is 11.1. The molecule has 2 heterocycles. The molecule has 0 radical (unpaired) electrons. The van der Waals surface area contributed by atoms with Gasteiger partial charge >= 0.3 is 0 Å². The number of fused-ring (bicyclic) bond motifs is 1. The van der Waals surface area contributed by atoms with Crippen molar-refractivity contribution < 1.29 is 9.53 Å². The number of primary amides is 1. The van der Waals surface area contributed by atoms with E-state index in [1.165, 1.54) is 4.57 Å². The van der Waals surface area contributed by atoms with Gasteiger partial charge in [0.2, 0.25) is 0 Å². The van der Waals surface area contributed by atoms with Gasteiger partial charge in [-0.25, -0.2) is 0 Å². The van der Waals surface area contributed by atoms with Crippen LogP contribution in [-0.4, -0.2) is 15.5 Å². The second-order valence-electron chi connectivity index (χ2n) is 7.34. The zero-order valence-electron chi connectivity index (χ0n) is 16.7. The number of aryl methyl sites for hydroxylation is 3. The Kier molecular flexibility index (Phi) is 4.87. The van der Waals surface area contributed by atoms with Gasteiger partial charge in [0.25, 0.3) is 11.5 Å². The van der Waals surface area contributed by atoms with Gasteiger partial charge in [0.1, 0.15) is 22.7 Å². The average molecular weight is 422 g/mol. The maximum atomic E-state index is 12.5. The van der Waals surface area contributed by atoms with Gasteiger partial charge in [-0.2, -0.15) is 0 Å². The van der Waals surface area contributed by atoms with Crippen molar-refractivity contribution in [1.82, 2.24) is 9.55 Å². The molecule has 0 aliphatic rings. The van der Waals surface area contributed by atoms with E-state index in [0.29, 0.717) is 27.4 Å². The number of hydrogen-bond donors (Lipinski definition) is 2. The van der Waals surface area contributed by atoms with Crippen LogP contribution in [0.4, 0.5) is 0 Å². The Labute approximate surface area is 177 Å². The fourth-order valence-electron chi connectivity index (χ4n) is 3.43. The topological polar surface area (TPSA) is 90.1 Å². The summed E-state index contributed by atoms with van der Waals surface area (Å²) in [5.41, 5.74) is 9.27. The van der Waals surface area contributed by atoms with E-state index < -0.39 is 5.91 Å². The Balaban J connectivity index is 1.85. The minimum Gasteiger partial charge on any atom is -0.457 e. The number of halogens is 1. The Hall–Kier alpha value is -3.51. The predicted octanol–water partition coefficient (Wildman–Crippen LogP) is 4.70. The quantitative estimate of drug-likeness (QED) is 0.500. The van der Waals surface area contributed by atoms with Crippen LogP contribution in [0.5, 0.6) is 11.5 Å². The number of rotatable bonds is 4. The summed E-state index contributed by atoms with van der Waals surface area (Å²) in [7, 11) is 1.66. The van der Waals surface area contributed by atoms with Crippen LogP contribution in [0, 0.1) is 13.8 Å². The predicted molar refractivity (Wildman–Crippen MR) is 118 cm³/mol. The first-order valence-electron chi connectivity index (χ1n) is 9.31. The van der Waals surface area contributed by atoms with Crippen molar-refractivity contribution in [3.8, 4) is 22.6 Å². The van der Waals surface area contributed by atoms with E-state index in [1.807, 2.05) is 44.2 Å². The van der Waals surface area contributed by atoms with Crippen molar-refractivity contribution in [3.63, 3.8) is 0 Å². The smallest absolute Gasteiger partial charge is 0.274 e. The highest BCUT2D eigenvalue weighted by Crippen LogP contribution is 2.33. The highest BCUT2D eigenvalue weighted by atomic mass is 35.5. The third-order valence-corrected chi connectivity index (χ3v) is 5.38. The lowest BCUT2D eigenvalue weighted by atomic mass is 10.0. The fourth-order valence-corrected chi connectivity index (χ4v) is 3.60. The summed E-state index contributed by atoms with van der Waals surface area (Å²) in [5.74, 6) is 0.645. The first kappa shape index (κ1) is 19.8. The SMILES string of the molecule is Cc1cc(Oc2ccc(C)c(Cl)c2)cc(-c2cn(C)c(=O)c3[nH]c(C(N)=O)cc23)c1. The van der Waals surface area contributed by atoms with E-state index in [1.54, 1.807) is 25.4 Å². The summed E-state index contributed by atoms with van der Waals surface area (Å²) >= 11 is 6.21. The van der Waals surface area contributed by atoms with Gasteiger partial charge in [0.05, 0.1) is 0 Å². The summed E-state index contributed by atoms with van der Waals surface area (Å²) in [6, 6.07) is 12.9. The van der Waals surface area contributed by atoms with Crippen LogP contribution in [0.25, 0.3) is 22.0 Å². The first-order chi connectivity index (χ1) is 14.2. The molecular weight excluding hydrogens is 402 g/mol. The number of benzene rings is 2. The number of nitrogens with one attached hydrogen (secondary N) is 1. The highest BCUT2D eigenvalue weighted by molar-refractivity contribution is 6.31. The van der Waals surface area contributed by atoms with Crippen molar-refractivity contribution in [2.24, 2.45) is 12.8 Å². The monoisotopic (exact) mass is 421 g/mol. The molecule has 3 N–H and O–H groups in total. The molecular formula is C23H20ClN3O3. The molecule has 0 saturated heterocycles. The molecule has 1 amide bonds. The van der Waals surface area contributed by atoms with Crippen molar-refractivity contribution in [3.05, 3.63) is 80.9 Å². The summed E-state index contributed by atoms with van der Waals surface area (Å²) in [5, 5.41) is 1.26. The Bertz CT molecular complexity index is 1370. The van der Waals surface area contributed by atoms with Gasteiger partial charge in [-0.3, -0.25) is 9.59 Å². The van der Waals surface area contributed by atoms with E-state index in [9.17, 15) is 9.59 Å². The maximum Gasteiger partial charge on any atom is 0.274 e. The molecule has 4 aromatic rings. The van der Waals surface area contributed by atoms with Gasteiger partial charge < -0.3 is 20.0 Å². The minimum absolute atomic E-state index is 0.188. The molecule has 6 nitrogen and oxygen atoms in total. The molecule has 152 valence electrons. The van der Waals surface area contributed by atoms with Gasteiger partial charge in [-0.05, 0) is 60.9 Å². The average Bonchev–Trinajstić information content (AvgIpc) is 3.13. The molecule has 7 heteroatoms. The number of ether oxygens (including phenoxy) is 1. The number of nitrogens with zero attached hydrogens (tertiary/aromatic N) is 1. The third kappa shape index (κ3) is 3.57. The number of amides is 1. The lowest BCUT2D eigenvalue weighted by molar-refractivity contribution is 0.0996. The minimum atomic E-state index is -0.622. The van der Waals surface area contributed by atoms with E-state index in [4.69, 9.17) is 22.1 Å². The Morgan fingerprint density at radius 2 is 1.87 bits per heavy atom. The molecule has 4 rings (SSSR count). The number of aromatic amines is 1. The van der Waals surface area contributed by atoms with Crippen LogP contribution >= 0.6 is 11.6 Å². The van der Waals surface area contributed by atoms with Crippen LogP contribution in [-0.2, 0) is 7.05 Å². The molecule has 0 aliphatic heterocycles. The number of carbonyl (C=O) groups excluding carboxylic acids is 1. The molecule has 0 atom stereocenters. The molecule has 2 aromatic heterocycles. The van der Waals surface area contributed by atoms with Crippen molar-refractivity contribution in [2.45, 2.75) is 13.8 Å². The zero-order valence-corrected chi connectivity index (χ0v) is 17.5. The van der Waals surface area contributed by atoms with Crippen molar-refractivity contribution >= 4 is 28.4 Å². The largest absolute Gasteiger partial charge is 0.457 e. The molecule has 30 heavy (non-hydrogen) atoms. The first-order valence-corrected chi connectivity index (χ1v) is 9.69. The van der Waals surface area contributed by atoms with Gasteiger partial charge in [0.15, 0.2) is 0 Å². The number of carbonyl (C=O) groups is 1. The molecule has 0 bridgehead atoms. The zero-order chi connectivity index (χ0) is 21.6. The van der Waals surface area contributed by atoms with Crippen molar-refractivity contribution in [2.75, 3.05) is 0 Å². The van der Waals surface area contributed by atoms with E-state index in [0.717, 1.165) is 22.3 Å². The van der Waals surface area contributed by atoms with Crippen LogP contribution in [0.3, 0.4) is 0 Å². The lowest BCUT2D eigenvalue weighted by Gasteiger charge is -2.12. The summed E-state index contributed by atoms with van der Waals surface area (Å²) in [6.45, 7) is 3.89. The summed E-state index contributed by atoms with van der Waals surface area (Å²) in [4.78, 5) is 27.0. The van der Waals surface area contributed by atoms with E-state index in [2.05, 4.69) is 4.98 Å². The summed E-state index contributed by atoms with van der Waals surface area (Å²) < 4.78 is 7.51. The molecule has 2 aromatic carbocycles. The van der Waals surface area contributed by atoms with Crippen LogP contribution in [0.1, 0.15) is 21.6 Å². The van der Waals surface area contributed by atoms with Crippen LogP contribution in [0.15, 0.2) is 53.5 Å². The van der Waals surface area contributed by atoms with Gasteiger partial charge in [0, 0.05) is 29.2 Å². The van der Waals surface area contributed by atoms with Crippen LogP contribution in [0.2, 0.25) is 5.02 Å². The summed E-state index contributed by atoms with van der Waals surface area (Å²) in [6.07, 6.45) is 1.74. The maximum absolute atomic E-state index is 12.5. The Morgan fingerprint density at radius 1 is 1.10 bits per heavy atom. The van der Waals surface area contributed by atoms with Gasteiger partial charge in [-0.1, -0.05) is 23.7 Å². The Morgan fingerprint density at radius 3 is 2.57 bits per heavy atom. The lowest BCUT2D eigenvalue weighted by Crippen LogP contribution is -2.17. The van der Waals surface area contributed by atoms with E-state index >= 15 is 0 Å². The number of H-pyrrole nitrogens is 1. The molecule has 0 aliphatic carbocycles. The molecule has 0 spiro atoms. The van der Waals surface area contributed by atoms with Crippen molar-refractivity contribution in [1.29, 1.82) is 0 Å². The third-order valence-electron chi connectivity index (χ3n) is 4.97. The number of hydrogen-bond acceptors (Lipinski definition) is 3. The number of nitrogens with two attached hydrogens (primary N) is 1. The molecule has 0 fully saturated rings. The molecule has 0 saturated carbocycles. The number of aromatic nitrogens is 2. The highest BCUT2D eigenvalue weighted by Gasteiger charge is 2.16. The molecule has 0 unspecified atom stereocenters. The fraction of sp³-hybridized carbons (Fsp3) is 0.130. The van der Waals surface area contributed by atoms with E-state index in [-0.39, 0.29) is 11.3 Å². The van der Waals surface area contributed by atoms with Crippen LogP contribution < -0.4 is 16.0 Å². The van der Waals surface area contributed by atoms with Gasteiger partial charge in [-0.15, -0.1) is 0 Å². The second kappa shape index (κ2) is 7.39.